The Morgan fingerprint density at radius 3 is 2.39 bits per heavy atom. The predicted octanol–water partition coefficient (Wildman–Crippen LogP) is 4.55. The smallest absolute Gasteiger partial charge is 0.342 e. The molecule has 0 aliphatic heterocycles. The van der Waals surface area contributed by atoms with Crippen molar-refractivity contribution in [3.63, 3.8) is 0 Å². The van der Waals surface area contributed by atoms with Gasteiger partial charge in [-0.2, -0.15) is 0 Å². The van der Waals surface area contributed by atoms with Gasteiger partial charge in [0.2, 0.25) is 5.89 Å². The van der Waals surface area contributed by atoms with Crippen LogP contribution >= 0.6 is 11.8 Å². The fourth-order valence-corrected chi connectivity index (χ4v) is 3.39. The normalized spacial score (nSPS) is 11.1. The van der Waals surface area contributed by atoms with E-state index in [1.165, 1.54) is 27.4 Å². The van der Waals surface area contributed by atoms with Crippen LogP contribution < -0.4 is 18.9 Å². The number of ether oxygens (including phenoxy) is 4. The minimum atomic E-state index is -1.14. The summed E-state index contributed by atoms with van der Waals surface area (Å²) < 4.78 is 27.0. The molecule has 0 fully saturated rings. The van der Waals surface area contributed by atoms with Crippen LogP contribution in [0.3, 0.4) is 0 Å². The van der Waals surface area contributed by atoms with E-state index in [2.05, 4.69) is 16.8 Å². The number of aromatic nitrogens is 2. The molecule has 172 valence electrons. The number of aliphatic carboxylic acids is 1. The van der Waals surface area contributed by atoms with Crippen LogP contribution in [0.5, 0.6) is 23.0 Å². The maximum atomic E-state index is 11.8. The number of methoxy groups -OCH3 is 3. The van der Waals surface area contributed by atoms with Crippen molar-refractivity contribution in [1.29, 1.82) is 0 Å². The minimum absolute atomic E-state index is 0.0183. The van der Waals surface area contributed by atoms with Gasteiger partial charge >= 0.3 is 5.97 Å². The number of thioether (sulfide) groups is 1. The molecule has 33 heavy (non-hydrogen) atoms. The van der Waals surface area contributed by atoms with Gasteiger partial charge in [0.15, 0.2) is 11.5 Å². The third-order valence-corrected chi connectivity index (χ3v) is 5.11. The van der Waals surface area contributed by atoms with Crippen LogP contribution in [-0.2, 0) is 4.79 Å². The predicted molar refractivity (Wildman–Crippen MR) is 123 cm³/mol. The van der Waals surface area contributed by atoms with Gasteiger partial charge < -0.3 is 28.5 Å². The molecule has 0 saturated carbocycles. The van der Waals surface area contributed by atoms with Gasteiger partial charge in [-0.05, 0) is 47.7 Å². The van der Waals surface area contributed by atoms with Crippen molar-refractivity contribution < 1.29 is 33.3 Å². The molecule has 2 aromatic carbocycles. The Morgan fingerprint density at radius 1 is 1.06 bits per heavy atom. The molecule has 1 heterocycles. The third kappa shape index (κ3) is 6.07. The number of hydrogen-bond acceptors (Lipinski definition) is 9. The van der Waals surface area contributed by atoms with Crippen molar-refractivity contribution in [2.75, 3.05) is 27.9 Å². The Hall–Kier alpha value is -3.92. The highest BCUT2D eigenvalue weighted by atomic mass is 32.2. The van der Waals surface area contributed by atoms with E-state index in [-0.39, 0.29) is 16.0 Å². The summed E-state index contributed by atoms with van der Waals surface area (Å²) in [5, 5.41) is 17.7. The molecule has 0 unspecified atom stereocenters. The molecule has 3 aromatic rings. The first-order valence-corrected chi connectivity index (χ1v) is 10.4. The van der Waals surface area contributed by atoms with Crippen LogP contribution in [0.2, 0.25) is 0 Å². The van der Waals surface area contributed by atoms with Crippen molar-refractivity contribution in [1.82, 2.24) is 10.2 Å². The van der Waals surface area contributed by atoms with E-state index in [9.17, 15) is 9.90 Å². The maximum Gasteiger partial charge on any atom is 0.342 e. The monoisotopic (exact) mass is 470 g/mol. The highest BCUT2D eigenvalue weighted by Gasteiger charge is 2.17. The van der Waals surface area contributed by atoms with Crippen LogP contribution in [0.25, 0.3) is 17.5 Å². The molecule has 9 nitrogen and oxygen atoms in total. The first-order chi connectivity index (χ1) is 16.0. The van der Waals surface area contributed by atoms with Crippen molar-refractivity contribution >= 4 is 23.8 Å². The van der Waals surface area contributed by atoms with Crippen LogP contribution in [0.1, 0.15) is 5.56 Å². The van der Waals surface area contributed by atoms with E-state index in [1.54, 1.807) is 42.5 Å². The molecular weight excluding hydrogens is 448 g/mol. The van der Waals surface area contributed by atoms with E-state index in [0.29, 0.717) is 40.7 Å². The van der Waals surface area contributed by atoms with Gasteiger partial charge in [-0.15, -0.1) is 10.2 Å². The van der Waals surface area contributed by atoms with E-state index in [1.807, 2.05) is 0 Å². The molecule has 0 spiro atoms. The summed E-state index contributed by atoms with van der Waals surface area (Å²) in [4.78, 5) is 11.8. The number of carboxylic acids is 1. The molecule has 3 rings (SSSR count). The highest BCUT2D eigenvalue weighted by Crippen LogP contribution is 2.34. The molecule has 10 heteroatoms. The standard InChI is InChI=1S/C23H22N2O7S/c1-5-8-31-18-7-6-14(9-19(18)30-4)10-20(22(26)27)33-23-25-24-21(32-23)15-11-16(28-2)13-17(12-15)29-3/h5-7,9-13H,1,8H2,2-4H3,(H,26,27)/b20-10-. The average Bonchev–Trinajstić information content (AvgIpc) is 3.30. The number of benzene rings is 2. The average molecular weight is 471 g/mol. The van der Waals surface area contributed by atoms with Gasteiger partial charge in [0.1, 0.15) is 23.0 Å². The topological polar surface area (TPSA) is 113 Å². The summed E-state index contributed by atoms with van der Waals surface area (Å²) in [6.07, 6.45) is 3.10. The highest BCUT2D eigenvalue weighted by molar-refractivity contribution is 8.03. The van der Waals surface area contributed by atoms with Crippen LogP contribution in [0.15, 0.2) is 63.6 Å². The number of nitrogens with zero attached hydrogens (tertiary/aromatic N) is 2. The molecule has 0 bridgehead atoms. The van der Waals surface area contributed by atoms with Gasteiger partial charge in [-0.1, -0.05) is 18.7 Å². The lowest BCUT2D eigenvalue weighted by molar-refractivity contribution is -0.131. The van der Waals surface area contributed by atoms with Crippen molar-refractivity contribution in [2.45, 2.75) is 5.22 Å². The second-order valence-electron chi connectivity index (χ2n) is 6.40. The summed E-state index contributed by atoms with van der Waals surface area (Å²) in [6, 6.07) is 10.2. The molecule has 0 radical (unpaired) electrons. The van der Waals surface area contributed by atoms with E-state index < -0.39 is 5.97 Å². The van der Waals surface area contributed by atoms with Crippen molar-refractivity contribution in [2.24, 2.45) is 0 Å². The fraction of sp³-hybridized carbons (Fsp3) is 0.174. The first kappa shape index (κ1) is 23.7. The number of carbonyl (C=O) groups is 1. The molecular formula is C23H22N2O7S. The summed E-state index contributed by atoms with van der Waals surface area (Å²) >= 11 is 0.832. The van der Waals surface area contributed by atoms with Crippen LogP contribution in [0.4, 0.5) is 0 Å². The number of carboxylic acid groups (broad SMARTS) is 1. The fourth-order valence-electron chi connectivity index (χ4n) is 2.72. The Labute approximate surface area is 194 Å². The van der Waals surface area contributed by atoms with Gasteiger partial charge in [0.05, 0.1) is 21.3 Å². The lowest BCUT2D eigenvalue weighted by Crippen LogP contribution is -1.98. The molecule has 0 aliphatic carbocycles. The van der Waals surface area contributed by atoms with Crippen LogP contribution in [0, 0.1) is 0 Å². The van der Waals surface area contributed by atoms with E-state index in [4.69, 9.17) is 23.4 Å². The molecule has 0 amide bonds. The second kappa shape index (κ2) is 11.1. The Bertz CT molecular complexity index is 1150. The molecule has 0 atom stereocenters. The van der Waals surface area contributed by atoms with Gasteiger partial charge in [-0.25, -0.2) is 4.79 Å². The first-order valence-electron chi connectivity index (χ1n) is 9.59. The summed E-state index contributed by atoms with van der Waals surface area (Å²) in [5.41, 5.74) is 1.17. The van der Waals surface area contributed by atoms with Gasteiger partial charge in [0.25, 0.3) is 5.22 Å². The molecule has 0 saturated heterocycles. The Balaban J connectivity index is 1.86. The van der Waals surface area contributed by atoms with Crippen LogP contribution in [-0.4, -0.2) is 49.2 Å². The SMILES string of the molecule is C=CCOc1ccc(/C=C(\Sc2nnc(-c3cc(OC)cc(OC)c3)o2)C(=O)O)cc1OC. The zero-order valence-corrected chi connectivity index (χ0v) is 19.0. The zero-order valence-electron chi connectivity index (χ0n) is 18.2. The Morgan fingerprint density at radius 2 is 1.79 bits per heavy atom. The van der Waals surface area contributed by atoms with Crippen molar-refractivity contribution in [3.05, 3.63) is 59.5 Å². The van der Waals surface area contributed by atoms with Gasteiger partial charge in [0, 0.05) is 11.6 Å². The molecule has 1 aromatic heterocycles. The van der Waals surface area contributed by atoms with Crippen molar-refractivity contribution in [3.8, 4) is 34.5 Å². The van der Waals surface area contributed by atoms with E-state index >= 15 is 0 Å². The quantitative estimate of drug-likeness (QED) is 0.243. The summed E-state index contributed by atoms with van der Waals surface area (Å²) in [6.45, 7) is 3.93. The zero-order chi connectivity index (χ0) is 23.8. The maximum absolute atomic E-state index is 11.8. The van der Waals surface area contributed by atoms with Gasteiger partial charge in [-0.3, -0.25) is 0 Å². The minimum Gasteiger partial charge on any atom is -0.497 e. The lowest BCUT2D eigenvalue weighted by Gasteiger charge is -2.10. The number of rotatable bonds is 11. The second-order valence-corrected chi connectivity index (χ2v) is 7.39. The Kier molecular flexibility index (Phi) is 7.98. The van der Waals surface area contributed by atoms with E-state index in [0.717, 1.165) is 11.8 Å². The molecule has 0 aliphatic rings. The lowest BCUT2D eigenvalue weighted by atomic mass is 10.2. The largest absolute Gasteiger partial charge is 0.497 e. The summed E-state index contributed by atoms with van der Waals surface area (Å²) in [7, 11) is 4.57. The summed E-state index contributed by atoms with van der Waals surface area (Å²) in [5.74, 6) is 1.15. The number of hydrogen-bond donors (Lipinski definition) is 1. The third-order valence-electron chi connectivity index (χ3n) is 4.26. The molecule has 1 N–H and O–H groups in total.